The van der Waals surface area contributed by atoms with E-state index in [4.69, 9.17) is 19.3 Å². The van der Waals surface area contributed by atoms with E-state index in [9.17, 15) is 4.79 Å². The maximum Gasteiger partial charge on any atom is 0.330 e. The summed E-state index contributed by atoms with van der Waals surface area (Å²) in [5.74, 6) is 0.827. The van der Waals surface area contributed by atoms with E-state index in [-0.39, 0.29) is 24.0 Å². The Hall–Kier alpha value is -3.31. The van der Waals surface area contributed by atoms with Gasteiger partial charge in [-0.25, -0.2) is 4.79 Å². The van der Waals surface area contributed by atoms with Crippen molar-refractivity contribution >= 4 is 18.1 Å². The highest BCUT2D eigenvalue weighted by Crippen LogP contribution is 2.35. The average Bonchev–Trinajstić information content (AvgIpc) is 3.34. The third kappa shape index (κ3) is 11.9. The first kappa shape index (κ1) is 30.7. The monoisotopic (exact) mass is 494 g/mol. The molecular formula is C31H42O5. The summed E-state index contributed by atoms with van der Waals surface area (Å²) in [5.41, 5.74) is 1.94. The van der Waals surface area contributed by atoms with Gasteiger partial charge in [-0.2, -0.15) is 0 Å². The van der Waals surface area contributed by atoms with Crippen molar-refractivity contribution < 1.29 is 24.1 Å². The van der Waals surface area contributed by atoms with Crippen LogP contribution in [0, 0.1) is 0 Å². The van der Waals surface area contributed by atoms with Gasteiger partial charge in [0.05, 0.1) is 6.10 Å². The molecule has 1 aliphatic carbocycles. The quantitative estimate of drug-likeness (QED) is 0.218. The molecule has 0 heterocycles. The van der Waals surface area contributed by atoms with Crippen molar-refractivity contribution in [3.05, 3.63) is 85.5 Å². The van der Waals surface area contributed by atoms with Crippen LogP contribution >= 0.6 is 0 Å². The lowest BCUT2D eigenvalue weighted by atomic mass is 9.99. The molecule has 0 bridgehead atoms. The number of benzene rings is 2. The molecule has 196 valence electrons. The zero-order chi connectivity index (χ0) is 27.0. The number of hydrogen-bond acceptors (Lipinski definition) is 5. The van der Waals surface area contributed by atoms with Gasteiger partial charge in [0, 0.05) is 6.08 Å². The Labute approximate surface area is 217 Å². The normalized spacial score (nSPS) is 14.2. The topological polar surface area (TPSA) is 65.0 Å². The SMILES string of the molecule is C=CC(=O)OC1(CC)CCCC1.C=Cc1ccc(O)cc1.C=Cc1ccc(OC(C)OC(C)C)cc1. The molecule has 1 N–H and O–H groups in total. The first-order chi connectivity index (χ1) is 17.2. The van der Waals surface area contributed by atoms with Crippen molar-refractivity contribution in [2.75, 3.05) is 0 Å². The molecule has 1 saturated carbocycles. The highest BCUT2D eigenvalue weighted by atomic mass is 16.7. The minimum Gasteiger partial charge on any atom is -0.508 e. The van der Waals surface area contributed by atoms with Gasteiger partial charge in [-0.15, -0.1) is 0 Å². The minimum absolute atomic E-state index is 0.161. The fraction of sp³-hybridized carbons (Fsp3) is 0.387. The summed E-state index contributed by atoms with van der Waals surface area (Å²) in [4.78, 5) is 11.0. The van der Waals surface area contributed by atoms with Crippen molar-refractivity contribution in [2.45, 2.75) is 77.8 Å². The number of carbonyl (C=O) groups excluding carboxylic acids is 1. The molecule has 2 aromatic rings. The predicted octanol–water partition coefficient (Wildman–Crippen LogP) is 7.95. The Morgan fingerprint density at radius 2 is 1.44 bits per heavy atom. The molecule has 0 spiro atoms. The standard InChI is InChI=1S/C13H18O2.C10H16O2.C8H8O/c1-5-12-6-8-13(9-7-12)15-11(4)14-10(2)3;1-3-9(11)12-10(4-2)7-5-6-8-10;1-2-7-3-5-8(9)6-4-7/h5-11H,1H2,2-4H3;3H,1,4-8H2,2H3;2-6,9H,1H2. The summed E-state index contributed by atoms with van der Waals surface area (Å²) in [6, 6.07) is 14.6. The second-order valence-electron chi connectivity index (χ2n) is 8.81. The van der Waals surface area contributed by atoms with Gasteiger partial charge in [-0.1, -0.05) is 63.1 Å². The molecular weight excluding hydrogens is 452 g/mol. The van der Waals surface area contributed by atoms with E-state index in [1.165, 1.54) is 18.9 Å². The first-order valence-corrected chi connectivity index (χ1v) is 12.5. The lowest BCUT2D eigenvalue weighted by molar-refractivity contribution is -0.153. The second-order valence-corrected chi connectivity index (χ2v) is 8.81. The van der Waals surface area contributed by atoms with Crippen LogP contribution in [0.5, 0.6) is 11.5 Å². The number of rotatable bonds is 9. The third-order valence-electron chi connectivity index (χ3n) is 5.65. The van der Waals surface area contributed by atoms with Crippen LogP contribution < -0.4 is 4.74 Å². The van der Waals surface area contributed by atoms with Crippen LogP contribution in [0.1, 0.15) is 70.9 Å². The highest BCUT2D eigenvalue weighted by molar-refractivity contribution is 5.81. The summed E-state index contributed by atoms with van der Waals surface area (Å²) < 4.78 is 16.4. The van der Waals surface area contributed by atoms with Gasteiger partial charge in [0.1, 0.15) is 17.1 Å². The Bertz CT molecular complexity index is 922. The van der Waals surface area contributed by atoms with E-state index in [2.05, 4.69) is 26.7 Å². The van der Waals surface area contributed by atoms with Gasteiger partial charge in [-0.3, -0.25) is 0 Å². The molecule has 0 aliphatic heterocycles. The maximum absolute atomic E-state index is 11.0. The summed E-state index contributed by atoms with van der Waals surface area (Å²) in [6.45, 7) is 18.6. The smallest absolute Gasteiger partial charge is 0.330 e. The molecule has 5 nitrogen and oxygen atoms in total. The van der Waals surface area contributed by atoms with Crippen molar-refractivity contribution in [2.24, 2.45) is 0 Å². The van der Waals surface area contributed by atoms with Crippen molar-refractivity contribution in [3.63, 3.8) is 0 Å². The van der Waals surface area contributed by atoms with Crippen molar-refractivity contribution in [1.82, 2.24) is 0 Å². The van der Waals surface area contributed by atoms with Crippen LogP contribution in [-0.2, 0) is 14.3 Å². The fourth-order valence-electron chi connectivity index (χ4n) is 3.70. The summed E-state index contributed by atoms with van der Waals surface area (Å²) in [5, 5.41) is 8.82. The molecule has 5 heteroatoms. The van der Waals surface area contributed by atoms with Crippen LogP contribution in [0.3, 0.4) is 0 Å². The van der Waals surface area contributed by atoms with Crippen molar-refractivity contribution in [1.29, 1.82) is 0 Å². The van der Waals surface area contributed by atoms with Crippen LogP contribution in [0.15, 0.2) is 74.3 Å². The van der Waals surface area contributed by atoms with E-state index in [0.717, 1.165) is 36.1 Å². The van der Waals surface area contributed by atoms with E-state index in [1.807, 2.05) is 57.2 Å². The number of carbonyl (C=O) groups is 1. The van der Waals surface area contributed by atoms with Crippen molar-refractivity contribution in [3.8, 4) is 11.5 Å². The van der Waals surface area contributed by atoms with Gasteiger partial charge >= 0.3 is 5.97 Å². The number of ether oxygens (including phenoxy) is 3. The molecule has 1 aliphatic rings. The van der Waals surface area contributed by atoms with E-state index >= 15 is 0 Å². The van der Waals surface area contributed by atoms with E-state index in [1.54, 1.807) is 24.3 Å². The second kappa shape index (κ2) is 16.4. The number of phenols is 1. The fourth-order valence-corrected chi connectivity index (χ4v) is 3.70. The molecule has 2 aromatic carbocycles. The van der Waals surface area contributed by atoms with Crippen LogP contribution in [-0.4, -0.2) is 29.1 Å². The number of esters is 1. The number of hydrogen-bond donors (Lipinski definition) is 1. The molecule has 0 amide bonds. The first-order valence-electron chi connectivity index (χ1n) is 12.5. The lowest BCUT2D eigenvalue weighted by Crippen LogP contribution is -2.30. The minimum atomic E-state index is -0.279. The highest BCUT2D eigenvalue weighted by Gasteiger charge is 2.35. The van der Waals surface area contributed by atoms with Gasteiger partial charge < -0.3 is 19.3 Å². The molecule has 0 saturated heterocycles. The Morgan fingerprint density at radius 1 is 0.944 bits per heavy atom. The summed E-state index contributed by atoms with van der Waals surface area (Å²) >= 11 is 0. The van der Waals surface area contributed by atoms with Gasteiger partial charge in [0.2, 0.25) is 0 Å². The molecule has 1 unspecified atom stereocenters. The van der Waals surface area contributed by atoms with Gasteiger partial charge in [0.15, 0.2) is 6.29 Å². The van der Waals surface area contributed by atoms with E-state index in [0.29, 0.717) is 5.75 Å². The molecule has 0 aromatic heterocycles. The number of aromatic hydroxyl groups is 1. The Morgan fingerprint density at radius 3 is 1.86 bits per heavy atom. The average molecular weight is 495 g/mol. The van der Waals surface area contributed by atoms with Gasteiger partial charge in [0.25, 0.3) is 0 Å². The maximum atomic E-state index is 11.0. The summed E-state index contributed by atoms with van der Waals surface area (Å²) in [7, 11) is 0. The largest absolute Gasteiger partial charge is 0.508 e. The van der Waals surface area contributed by atoms with Crippen LogP contribution in [0.4, 0.5) is 0 Å². The molecule has 36 heavy (non-hydrogen) atoms. The molecule has 0 radical (unpaired) electrons. The molecule has 3 rings (SSSR count). The van der Waals surface area contributed by atoms with E-state index < -0.39 is 0 Å². The van der Waals surface area contributed by atoms with Crippen LogP contribution in [0.2, 0.25) is 0 Å². The third-order valence-corrected chi connectivity index (χ3v) is 5.65. The van der Waals surface area contributed by atoms with Gasteiger partial charge in [-0.05, 0) is 88.3 Å². The Balaban J connectivity index is 0.000000279. The van der Waals surface area contributed by atoms with Crippen LogP contribution in [0.25, 0.3) is 12.2 Å². The molecule has 1 fully saturated rings. The number of phenolic OH excluding ortho intramolecular Hbond substituents is 1. The zero-order valence-corrected chi connectivity index (χ0v) is 22.2. The summed E-state index contributed by atoms with van der Waals surface area (Å²) in [6.07, 6.45) is 10.1. The predicted molar refractivity (Wildman–Crippen MR) is 149 cm³/mol. The zero-order valence-electron chi connectivity index (χ0n) is 22.2. The molecule has 1 atom stereocenters. The lowest BCUT2D eigenvalue weighted by Gasteiger charge is -2.26. The Kier molecular flexibility index (Phi) is 14.0.